The number of hydrogen-bond donors (Lipinski definition) is 1. The normalized spacial score (nSPS) is 19.0. The van der Waals surface area contributed by atoms with Crippen molar-refractivity contribution in [3.63, 3.8) is 0 Å². The molecule has 2 aliphatic rings. The van der Waals surface area contributed by atoms with Crippen LogP contribution in [0.25, 0.3) is 0 Å². The van der Waals surface area contributed by atoms with Crippen LogP contribution in [0, 0.1) is 17.8 Å². The van der Waals surface area contributed by atoms with Crippen molar-refractivity contribution in [2.75, 3.05) is 6.54 Å². The van der Waals surface area contributed by atoms with E-state index in [0.717, 1.165) is 37.3 Å². The molecule has 20 heavy (non-hydrogen) atoms. The molecule has 0 aliphatic heterocycles. The van der Waals surface area contributed by atoms with Gasteiger partial charge in [-0.1, -0.05) is 6.92 Å². The highest BCUT2D eigenvalue weighted by Crippen LogP contribution is 2.48. The quantitative estimate of drug-likeness (QED) is 0.781. The fourth-order valence-corrected chi connectivity index (χ4v) is 4.01. The second-order valence-electron chi connectivity index (χ2n) is 6.35. The van der Waals surface area contributed by atoms with Gasteiger partial charge in [0.1, 0.15) is 0 Å². The van der Waals surface area contributed by atoms with Gasteiger partial charge in [-0.2, -0.15) is 5.10 Å². The van der Waals surface area contributed by atoms with E-state index in [-0.39, 0.29) is 0 Å². The van der Waals surface area contributed by atoms with Gasteiger partial charge in [-0.3, -0.25) is 4.68 Å². The Bertz CT molecular complexity index is 449. The van der Waals surface area contributed by atoms with Gasteiger partial charge in [-0.25, -0.2) is 0 Å². The Morgan fingerprint density at radius 2 is 1.90 bits per heavy atom. The Kier molecular flexibility index (Phi) is 4.51. The maximum Gasteiger partial charge on any atom is 0.0767 e. The summed E-state index contributed by atoms with van der Waals surface area (Å²) in [5, 5.41) is 8.38. The third-order valence-electron chi connectivity index (χ3n) is 4.82. The summed E-state index contributed by atoms with van der Waals surface area (Å²) in [6, 6.07) is 0. The summed E-state index contributed by atoms with van der Waals surface area (Å²) in [6.45, 7) is 7.42. The largest absolute Gasteiger partial charge is 0.311 e. The van der Waals surface area contributed by atoms with Crippen LogP contribution in [0.4, 0.5) is 0 Å². The molecule has 112 valence electrons. The highest BCUT2D eigenvalue weighted by Gasteiger charge is 2.40. The third-order valence-corrected chi connectivity index (χ3v) is 5.74. The van der Waals surface area contributed by atoms with E-state index >= 15 is 0 Å². The van der Waals surface area contributed by atoms with Gasteiger partial charge in [0, 0.05) is 13.1 Å². The van der Waals surface area contributed by atoms with Crippen molar-refractivity contribution < 1.29 is 0 Å². The monoisotopic (exact) mass is 339 g/mol. The lowest BCUT2D eigenvalue weighted by molar-refractivity contribution is 0.375. The topological polar surface area (TPSA) is 29.9 Å². The fourth-order valence-electron chi connectivity index (χ4n) is 3.31. The molecule has 4 heteroatoms. The standard InChI is InChI=1S/C16H26BrN3/c1-3-14-16(17)15(20(4-2)19-14)10-18-9-13(11-5-6-11)12-7-8-12/h11-13,18H,3-10H2,1-2H3. The van der Waals surface area contributed by atoms with E-state index in [0.29, 0.717) is 0 Å². The molecule has 3 rings (SSSR count). The second kappa shape index (κ2) is 6.18. The van der Waals surface area contributed by atoms with E-state index in [1.807, 2.05) is 0 Å². The molecule has 1 heterocycles. The second-order valence-corrected chi connectivity index (χ2v) is 7.14. The maximum atomic E-state index is 4.67. The molecule has 0 spiro atoms. The predicted octanol–water partition coefficient (Wildman–Crippen LogP) is 3.75. The van der Waals surface area contributed by atoms with E-state index in [4.69, 9.17) is 0 Å². The van der Waals surface area contributed by atoms with Gasteiger partial charge >= 0.3 is 0 Å². The Morgan fingerprint density at radius 3 is 2.40 bits per heavy atom. The van der Waals surface area contributed by atoms with Crippen molar-refractivity contribution >= 4 is 15.9 Å². The SMILES string of the molecule is CCc1nn(CC)c(CNCC(C2CC2)C2CC2)c1Br. The fraction of sp³-hybridized carbons (Fsp3) is 0.812. The van der Waals surface area contributed by atoms with Crippen LogP contribution in [0.1, 0.15) is 50.9 Å². The molecule has 0 radical (unpaired) electrons. The lowest BCUT2D eigenvalue weighted by atomic mass is 9.98. The number of aryl methyl sites for hydroxylation is 2. The van der Waals surface area contributed by atoms with Crippen LogP contribution >= 0.6 is 15.9 Å². The molecule has 1 aromatic rings. The average molecular weight is 340 g/mol. The van der Waals surface area contributed by atoms with Crippen molar-refractivity contribution in [3.05, 3.63) is 15.9 Å². The van der Waals surface area contributed by atoms with E-state index in [2.05, 4.69) is 44.9 Å². The molecule has 0 bridgehead atoms. The van der Waals surface area contributed by atoms with E-state index in [1.165, 1.54) is 48.1 Å². The molecule has 0 unspecified atom stereocenters. The van der Waals surface area contributed by atoms with Crippen LogP contribution < -0.4 is 5.32 Å². The van der Waals surface area contributed by atoms with Crippen molar-refractivity contribution in [3.8, 4) is 0 Å². The van der Waals surface area contributed by atoms with Crippen molar-refractivity contribution in [2.45, 2.75) is 59.0 Å². The first-order valence-electron chi connectivity index (χ1n) is 8.19. The number of nitrogens with one attached hydrogen (secondary N) is 1. The minimum Gasteiger partial charge on any atom is -0.311 e. The van der Waals surface area contributed by atoms with Crippen LogP contribution in [0.15, 0.2) is 4.47 Å². The van der Waals surface area contributed by atoms with Gasteiger partial charge in [0.25, 0.3) is 0 Å². The van der Waals surface area contributed by atoms with Gasteiger partial charge < -0.3 is 5.32 Å². The molecule has 3 nitrogen and oxygen atoms in total. The van der Waals surface area contributed by atoms with Gasteiger partial charge in [-0.05, 0) is 79.3 Å². The van der Waals surface area contributed by atoms with Gasteiger partial charge in [0.15, 0.2) is 0 Å². The summed E-state index contributed by atoms with van der Waals surface area (Å²) in [7, 11) is 0. The number of rotatable bonds is 8. The number of aromatic nitrogens is 2. The van der Waals surface area contributed by atoms with Gasteiger partial charge in [0.05, 0.1) is 15.9 Å². The maximum absolute atomic E-state index is 4.67. The summed E-state index contributed by atoms with van der Waals surface area (Å²) in [4.78, 5) is 0. The van der Waals surface area contributed by atoms with Crippen LogP contribution in [0.3, 0.4) is 0 Å². The Labute approximate surface area is 130 Å². The van der Waals surface area contributed by atoms with E-state index in [1.54, 1.807) is 0 Å². The van der Waals surface area contributed by atoms with Crippen LogP contribution in [-0.4, -0.2) is 16.3 Å². The van der Waals surface area contributed by atoms with E-state index < -0.39 is 0 Å². The highest BCUT2D eigenvalue weighted by molar-refractivity contribution is 9.10. The molecular formula is C16H26BrN3. The number of halogens is 1. The molecule has 1 aromatic heterocycles. The van der Waals surface area contributed by atoms with Crippen LogP contribution in [0.2, 0.25) is 0 Å². The van der Waals surface area contributed by atoms with Crippen molar-refractivity contribution in [1.29, 1.82) is 0 Å². The highest BCUT2D eigenvalue weighted by atomic mass is 79.9. The summed E-state index contributed by atoms with van der Waals surface area (Å²) in [6.07, 6.45) is 6.88. The zero-order chi connectivity index (χ0) is 14.1. The molecule has 2 aliphatic carbocycles. The molecule has 0 amide bonds. The molecule has 0 aromatic carbocycles. The smallest absolute Gasteiger partial charge is 0.0767 e. The van der Waals surface area contributed by atoms with Gasteiger partial charge in [0.2, 0.25) is 0 Å². The lowest BCUT2D eigenvalue weighted by Crippen LogP contribution is -2.26. The molecule has 0 atom stereocenters. The zero-order valence-corrected chi connectivity index (χ0v) is 14.2. The zero-order valence-electron chi connectivity index (χ0n) is 12.7. The Balaban J connectivity index is 1.58. The summed E-state index contributed by atoms with van der Waals surface area (Å²) in [5.74, 6) is 3.00. The number of nitrogens with zero attached hydrogens (tertiary/aromatic N) is 2. The Morgan fingerprint density at radius 1 is 1.25 bits per heavy atom. The summed E-state index contributed by atoms with van der Waals surface area (Å²) < 4.78 is 3.35. The minimum absolute atomic E-state index is 0.942. The minimum atomic E-state index is 0.942. The predicted molar refractivity (Wildman–Crippen MR) is 85.6 cm³/mol. The summed E-state index contributed by atoms with van der Waals surface area (Å²) >= 11 is 3.73. The lowest BCUT2D eigenvalue weighted by Gasteiger charge is -2.16. The average Bonchev–Trinajstić information content (AvgIpc) is 3.35. The van der Waals surface area contributed by atoms with Crippen molar-refractivity contribution in [2.24, 2.45) is 17.8 Å². The van der Waals surface area contributed by atoms with Crippen LogP contribution in [-0.2, 0) is 19.5 Å². The van der Waals surface area contributed by atoms with E-state index in [9.17, 15) is 0 Å². The third kappa shape index (κ3) is 3.11. The van der Waals surface area contributed by atoms with Crippen molar-refractivity contribution in [1.82, 2.24) is 15.1 Å². The van der Waals surface area contributed by atoms with Crippen LogP contribution in [0.5, 0.6) is 0 Å². The first-order valence-corrected chi connectivity index (χ1v) is 8.98. The molecule has 1 N–H and O–H groups in total. The molecular weight excluding hydrogens is 314 g/mol. The molecule has 0 saturated heterocycles. The van der Waals surface area contributed by atoms with Gasteiger partial charge in [-0.15, -0.1) is 0 Å². The number of hydrogen-bond acceptors (Lipinski definition) is 2. The molecule has 2 fully saturated rings. The summed E-state index contributed by atoms with van der Waals surface area (Å²) in [5.41, 5.74) is 2.50. The molecule has 2 saturated carbocycles. The first kappa shape index (κ1) is 14.6. The first-order chi connectivity index (χ1) is 9.74. The Hall–Kier alpha value is -0.350.